The fourth-order valence-electron chi connectivity index (χ4n) is 2.12. The summed E-state index contributed by atoms with van der Waals surface area (Å²) >= 11 is 0. The van der Waals surface area contributed by atoms with E-state index in [9.17, 15) is 9.90 Å². The number of hydrogen-bond acceptors (Lipinski definition) is 3. The fourth-order valence-corrected chi connectivity index (χ4v) is 2.12. The third-order valence-electron chi connectivity index (χ3n) is 3.04. The lowest BCUT2D eigenvalue weighted by Crippen LogP contribution is -2.34. The third kappa shape index (κ3) is 2.65. The molecule has 1 N–H and O–H groups in total. The van der Waals surface area contributed by atoms with Crippen molar-refractivity contribution in [3.05, 3.63) is 35.9 Å². The maximum atomic E-state index is 12.2. The van der Waals surface area contributed by atoms with Crippen molar-refractivity contribution in [2.45, 2.75) is 18.6 Å². The number of aliphatic hydroxyl groups excluding tert-OH is 1. The first-order valence-corrected chi connectivity index (χ1v) is 5.77. The van der Waals surface area contributed by atoms with Crippen LogP contribution in [-0.4, -0.2) is 42.2 Å². The van der Waals surface area contributed by atoms with E-state index in [4.69, 9.17) is 4.74 Å². The van der Waals surface area contributed by atoms with E-state index in [1.54, 1.807) is 4.90 Å². The van der Waals surface area contributed by atoms with Crippen LogP contribution in [0.2, 0.25) is 0 Å². The number of nitrogens with zero attached hydrogens (tertiary/aromatic N) is 1. The molecule has 0 radical (unpaired) electrons. The van der Waals surface area contributed by atoms with Gasteiger partial charge >= 0.3 is 0 Å². The number of amides is 1. The summed E-state index contributed by atoms with van der Waals surface area (Å²) in [4.78, 5) is 13.9. The summed E-state index contributed by atoms with van der Waals surface area (Å²) in [5.41, 5.74) is 0.849. The van der Waals surface area contributed by atoms with Crippen molar-refractivity contribution in [1.82, 2.24) is 4.90 Å². The molecular formula is C13H17NO3. The van der Waals surface area contributed by atoms with Crippen molar-refractivity contribution < 1.29 is 14.6 Å². The Morgan fingerprint density at radius 2 is 2.18 bits per heavy atom. The first-order valence-electron chi connectivity index (χ1n) is 5.77. The Balaban J connectivity index is 2.11. The van der Waals surface area contributed by atoms with Crippen LogP contribution in [-0.2, 0) is 9.53 Å². The number of hydrogen-bond donors (Lipinski definition) is 1. The van der Waals surface area contributed by atoms with Gasteiger partial charge in [-0.15, -0.1) is 0 Å². The Hall–Kier alpha value is -1.39. The van der Waals surface area contributed by atoms with Gasteiger partial charge in [0.1, 0.15) is 0 Å². The maximum absolute atomic E-state index is 12.2. The van der Waals surface area contributed by atoms with Crippen LogP contribution in [0, 0.1) is 0 Å². The molecular weight excluding hydrogens is 218 g/mol. The lowest BCUT2D eigenvalue weighted by molar-refractivity contribution is -0.141. The van der Waals surface area contributed by atoms with Crippen molar-refractivity contribution in [3.63, 3.8) is 0 Å². The second-order valence-corrected chi connectivity index (χ2v) is 4.25. The molecule has 2 unspecified atom stereocenters. The maximum Gasteiger partial charge on any atom is 0.256 e. The Morgan fingerprint density at radius 1 is 1.47 bits per heavy atom. The average molecular weight is 235 g/mol. The number of methoxy groups -OCH3 is 1. The van der Waals surface area contributed by atoms with E-state index in [-0.39, 0.29) is 5.91 Å². The molecule has 92 valence electrons. The summed E-state index contributed by atoms with van der Waals surface area (Å²) in [7, 11) is 1.53. The van der Waals surface area contributed by atoms with Crippen molar-refractivity contribution in [3.8, 4) is 0 Å². The predicted octanol–water partition coefficient (Wildman–Crippen LogP) is 0.967. The molecule has 0 aliphatic carbocycles. The van der Waals surface area contributed by atoms with Crippen LogP contribution in [0.15, 0.2) is 30.3 Å². The number of ether oxygens (including phenoxy) is 1. The van der Waals surface area contributed by atoms with Crippen LogP contribution in [0.3, 0.4) is 0 Å². The fraction of sp³-hybridized carbons (Fsp3) is 0.462. The predicted molar refractivity (Wildman–Crippen MR) is 63.4 cm³/mol. The van der Waals surface area contributed by atoms with E-state index in [0.717, 1.165) is 5.56 Å². The molecule has 0 spiro atoms. The van der Waals surface area contributed by atoms with Crippen LogP contribution in [0.5, 0.6) is 0 Å². The minimum Gasteiger partial charge on any atom is -0.391 e. The SMILES string of the molecule is COC(C(=O)N1CCC(O)C1)c1ccccc1. The Labute approximate surface area is 101 Å². The number of β-amino-alcohol motifs (C(OH)–C–C–N with tert-alkyl or cyclic N) is 1. The van der Waals surface area contributed by atoms with Crippen LogP contribution >= 0.6 is 0 Å². The number of likely N-dealkylation sites (tertiary alicyclic amines) is 1. The first kappa shape index (κ1) is 12.1. The van der Waals surface area contributed by atoms with Crippen LogP contribution in [0.25, 0.3) is 0 Å². The summed E-state index contributed by atoms with van der Waals surface area (Å²) < 4.78 is 5.27. The third-order valence-corrected chi connectivity index (χ3v) is 3.04. The zero-order valence-electron chi connectivity index (χ0n) is 9.87. The van der Waals surface area contributed by atoms with Gasteiger partial charge in [0.05, 0.1) is 6.10 Å². The molecule has 0 saturated carbocycles. The second-order valence-electron chi connectivity index (χ2n) is 4.25. The van der Waals surface area contributed by atoms with E-state index < -0.39 is 12.2 Å². The summed E-state index contributed by atoms with van der Waals surface area (Å²) in [6, 6.07) is 9.42. The minimum absolute atomic E-state index is 0.0738. The summed E-state index contributed by atoms with van der Waals surface area (Å²) in [5.74, 6) is -0.0738. The molecule has 0 aromatic heterocycles. The highest BCUT2D eigenvalue weighted by Gasteiger charge is 2.30. The molecule has 4 nitrogen and oxygen atoms in total. The van der Waals surface area contributed by atoms with Gasteiger partial charge in [-0.25, -0.2) is 0 Å². The molecule has 1 aromatic rings. The smallest absolute Gasteiger partial charge is 0.256 e. The molecule has 1 heterocycles. The molecule has 4 heteroatoms. The lowest BCUT2D eigenvalue weighted by Gasteiger charge is -2.22. The van der Waals surface area contributed by atoms with Gasteiger partial charge in [0.2, 0.25) is 0 Å². The van der Waals surface area contributed by atoms with Gasteiger partial charge in [0, 0.05) is 20.2 Å². The molecule has 1 saturated heterocycles. The molecule has 1 aliphatic heterocycles. The summed E-state index contributed by atoms with van der Waals surface area (Å²) in [6.45, 7) is 1.01. The van der Waals surface area contributed by atoms with Crippen molar-refractivity contribution in [1.29, 1.82) is 0 Å². The minimum atomic E-state index is -0.568. The van der Waals surface area contributed by atoms with Crippen molar-refractivity contribution in [2.24, 2.45) is 0 Å². The summed E-state index contributed by atoms with van der Waals surface area (Å²) in [6.07, 6.45) is -0.314. The lowest BCUT2D eigenvalue weighted by atomic mass is 10.1. The molecule has 1 amide bonds. The summed E-state index contributed by atoms with van der Waals surface area (Å²) in [5, 5.41) is 9.44. The standard InChI is InChI=1S/C13H17NO3/c1-17-12(10-5-3-2-4-6-10)13(16)14-8-7-11(15)9-14/h2-6,11-12,15H,7-9H2,1H3. The second kappa shape index (κ2) is 5.29. The molecule has 1 fully saturated rings. The largest absolute Gasteiger partial charge is 0.391 e. The van der Waals surface area contributed by atoms with Gasteiger partial charge in [0.25, 0.3) is 5.91 Å². The van der Waals surface area contributed by atoms with Gasteiger partial charge in [-0.05, 0) is 12.0 Å². The average Bonchev–Trinajstić information content (AvgIpc) is 2.78. The number of benzene rings is 1. The first-order chi connectivity index (χ1) is 8.22. The van der Waals surface area contributed by atoms with Gasteiger partial charge in [-0.2, -0.15) is 0 Å². The number of rotatable bonds is 3. The highest BCUT2D eigenvalue weighted by atomic mass is 16.5. The topological polar surface area (TPSA) is 49.8 Å². The van der Waals surface area contributed by atoms with Crippen LogP contribution in [0.4, 0.5) is 0 Å². The van der Waals surface area contributed by atoms with Crippen molar-refractivity contribution in [2.75, 3.05) is 20.2 Å². The zero-order valence-corrected chi connectivity index (χ0v) is 9.87. The van der Waals surface area contributed by atoms with Crippen LogP contribution in [0.1, 0.15) is 18.1 Å². The van der Waals surface area contributed by atoms with Crippen LogP contribution < -0.4 is 0 Å². The Kier molecular flexibility index (Phi) is 3.76. The Bertz CT molecular complexity index is 380. The molecule has 2 rings (SSSR count). The highest BCUT2D eigenvalue weighted by molar-refractivity contribution is 5.82. The zero-order chi connectivity index (χ0) is 12.3. The molecule has 17 heavy (non-hydrogen) atoms. The quantitative estimate of drug-likeness (QED) is 0.849. The Morgan fingerprint density at radius 3 is 2.71 bits per heavy atom. The molecule has 1 aromatic carbocycles. The van der Waals surface area contributed by atoms with Gasteiger partial charge in [0.15, 0.2) is 6.10 Å². The van der Waals surface area contributed by atoms with E-state index in [2.05, 4.69) is 0 Å². The van der Waals surface area contributed by atoms with Gasteiger partial charge in [-0.1, -0.05) is 30.3 Å². The molecule has 1 aliphatic rings. The van der Waals surface area contributed by atoms with E-state index in [1.807, 2.05) is 30.3 Å². The monoisotopic (exact) mass is 235 g/mol. The van der Waals surface area contributed by atoms with Gasteiger partial charge < -0.3 is 14.7 Å². The van der Waals surface area contributed by atoms with E-state index in [0.29, 0.717) is 19.5 Å². The number of carbonyl (C=O) groups is 1. The normalized spacial score (nSPS) is 21.5. The highest BCUT2D eigenvalue weighted by Crippen LogP contribution is 2.21. The molecule has 2 atom stereocenters. The number of carbonyl (C=O) groups excluding carboxylic acids is 1. The number of aliphatic hydroxyl groups is 1. The van der Waals surface area contributed by atoms with E-state index >= 15 is 0 Å². The van der Waals surface area contributed by atoms with Gasteiger partial charge in [-0.3, -0.25) is 4.79 Å². The molecule has 0 bridgehead atoms. The van der Waals surface area contributed by atoms with E-state index in [1.165, 1.54) is 7.11 Å². The van der Waals surface area contributed by atoms with Crippen molar-refractivity contribution >= 4 is 5.91 Å².